The van der Waals surface area contributed by atoms with Gasteiger partial charge in [-0.1, -0.05) is 12.8 Å². The fraction of sp³-hybridized carbons (Fsp3) is 0.929. The number of nitrogens with zero attached hydrogens (tertiary/aromatic N) is 1. The molecule has 0 radical (unpaired) electrons. The Morgan fingerprint density at radius 2 is 1.79 bits per heavy atom. The van der Waals surface area contributed by atoms with Crippen LogP contribution in [0, 0.1) is 5.92 Å². The lowest BCUT2D eigenvalue weighted by Crippen LogP contribution is -2.44. The topological polar surface area (TPSA) is 44.4 Å². The highest BCUT2D eigenvalue weighted by Gasteiger charge is 2.22. The largest absolute Gasteiger partial charge is 0.352 e. The summed E-state index contributed by atoms with van der Waals surface area (Å²) in [4.78, 5) is 14.2. The smallest absolute Gasteiger partial charge is 0.234 e. The molecule has 1 amide bonds. The van der Waals surface area contributed by atoms with E-state index >= 15 is 0 Å². The minimum atomic E-state index is 0. The number of amides is 1. The SMILES string of the molecule is CNCC1CCN(CC(=O)NC2CCCC2)CC1.Cl. The number of hydrogen-bond donors (Lipinski definition) is 2. The molecule has 1 saturated heterocycles. The van der Waals surface area contributed by atoms with Crippen LogP contribution in [-0.4, -0.2) is 50.1 Å². The number of carbonyl (C=O) groups excluding carboxylic acids is 1. The molecule has 1 saturated carbocycles. The first-order chi connectivity index (χ1) is 8.78. The predicted molar refractivity (Wildman–Crippen MR) is 80.7 cm³/mol. The van der Waals surface area contributed by atoms with Crippen molar-refractivity contribution in [2.45, 2.75) is 44.6 Å². The van der Waals surface area contributed by atoms with Gasteiger partial charge in [-0.15, -0.1) is 12.4 Å². The molecule has 2 aliphatic rings. The number of rotatable bonds is 5. The molecule has 0 aromatic rings. The predicted octanol–water partition coefficient (Wildman–Crippen LogP) is 1.40. The third kappa shape index (κ3) is 5.67. The van der Waals surface area contributed by atoms with Crippen molar-refractivity contribution in [1.29, 1.82) is 0 Å². The quantitative estimate of drug-likeness (QED) is 0.804. The van der Waals surface area contributed by atoms with Crippen LogP contribution in [0.4, 0.5) is 0 Å². The maximum Gasteiger partial charge on any atom is 0.234 e. The molecule has 2 fully saturated rings. The average molecular weight is 290 g/mol. The molecule has 4 nitrogen and oxygen atoms in total. The molecule has 2 rings (SSSR count). The lowest BCUT2D eigenvalue weighted by Gasteiger charge is -2.31. The molecular formula is C14H28ClN3O. The van der Waals surface area contributed by atoms with Crippen molar-refractivity contribution in [2.24, 2.45) is 5.92 Å². The summed E-state index contributed by atoms with van der Waals surface area (Å²) in [5, 5.41) is 6.41. The van der Waals surface area contributed by atoms with Gasteiger partial charge in [0.1, 0.15) is 0 Å². The second-order valence-corrected chi connectivity index (χ2v) is 5.83. The van der Waals surface area contributed by atoms with Gasteiger partial charge in [-0.05, 0) is 58.3 Å². The van der Waals surface area contributed by atoms with Gasteiger partial charge in [0.25, 0.3) is 0 Å². The van der Waals surface area contributed by atoms with E-state index in [1.165, 1.54) is 38.5 Å². The van der Waals surface area contributed by atoms with E-state index in [9.17, 15) is 4.79 Å². The fourth-order valence-electron chi connectivity index (χ4n) is 3.18. The first-order valence-electron chi connectivity index (χ1n) is 7.44. The molecule has 0 aromatic carbocycles. The van der Waals surface area contributed by atoms with E-state index in [0.29, 0.717) is 12.6 Å². The van der Waals surface area contributed by atoms with Crippen LogP contribution in [0.1, 0.15) is 38.5 Å². The second kappa shape index (κ2) is 8.77. The average Bonchev–Trinajstić information content (AvgIpc) is 2.84. The van der Waals surface area contributed by atoms with Gasteiger partial charge in [0.15, 0.2) is 0 Å². The van der Waals surface area contributed by atoms with Crippen LogP contribution in [0.5, 0.6) is 0 Å². The Morgan fingerprint density at radius 1 is 1.16 bits per heavy atom. The molecule has 2 N–H and O–H groups in total. The van der Waals surface area contributed by atoms with Crippen LogP contribution in [0.3, 0.4) is 0 Å². The normalized spacial score (nSPS) is 22.2. The second-order valence-electron chi connectivity index (χ2n) is 5.83. The van der Waals surface area contributed by atoms with Crippen LogP contribution in [-0.2, 0) is 4.79 Å². The van der Waals surface area contributed by atoms with Gasteiger partial charge in [0.05, 0.1) is 6.54 Å². The summed E-state index contributed by atoms with van der Waals surface area (Å²) in [6.07, 6.45) is 7.35. The van der Waals surface area contributed by atoms with Crippen LogP contribution in [0.25, 0.3) is 0 Å². The Bertz CT molecular complexity index is 261. The van der Waals surface area contributed by atoms with Crippen LogP contribution in [0.2, 0.25) is 0 Å². The summed E-state index contributed by atoms with van der Waals surface area (Å²) >= 11 is 0. The summed E-state index contributed by atoms with van der Waals surface area (Å²) in [5.41, 5.74) is 0. The first kappa shape index (κ1) is 16.7. The molecule has 112 valence electrons. The number of piperidine rings is 1. The molecule has 0 unspecified atom stereocenters. The highest BCUT2D eigenvalue weighted by atomic mass is 35.5. The highest BCUT2D eigenvalue weighted by molar-refractivity contribution is 5.85. The van der Waals surface area contributed by atoms with E-state index in [1.807, 2.05) is 7.05 Å². The zero-order valence-corrected chi connectivity index (χ0v) is 12.8. The molecule has 0 bridgehead atoms. The number of nitrogens with one attached hydrogen (secondary N) is 2. The molecule has 1 aliphatic heterocycles. The zero-order valence-electron chi connectivity index (χ0n) is 12.0. The van der Waals surface area contributed by atoms with Crippen LogP contribution >= 0.6 is 12.4 Å². The third-order valence-electron chi connectivity index (χ3n) is 4.29. The van der Waals surface area contributed by atoms with Gasteiger partial charge < -0.3 is 10.6 Å². The third-order valence-corrected chi connectivity index (χ3v) is 4.29. The van der Waals surface area contributed by atoms with Crippen molar-refractivity contribution in [3.63, 3.8) is 0 Å². The zero-order chi connectivity index (χ0) is 12.8. The Labute approximate surface area is 123 Å². The summed E-state index contributed by atoms with van der Waals surface area (Å²) in [6, 6.07) is 0.458. The summed E-state index contributed by atoms with van der Waals surface area (Å²) < 4.78 is 0. The summed E-state index contributed by atoms with van der Waals surface area (Å²) in [7, 11) is 2.02. The van der Waals surface area contributed by atoms with E-state index in [2.05, 4.69) is 15.5 Å². The molecule has 19 heavy (non-hydrogen) atoms. The highest BCUT2D eigenvalue weighted by Crippen LogP contribution is 2.18. The minimum absolute atomic E-state index is 0. The van der Waals surface area contributed by atoms with Gasteiger partial charge in [0.2, 0.25) is 5.91 Å². The maximum absolute atomic E-state index is 11.9. The van der Waals surface area contributed by atoms with Crippen molar-refractivity contribution in [3.05, 3.63) is 0 Å². The van der Waals surface area contributed by atoms with E-state index in [0.717, 1.165) is 25.6 Å². The summed E-state index contributed by atoms with van der Waals surface area (Å²) in [6.45, 7) is 3.86. The van der Waals surface area contributed by atoms with Crippen molar-refractivity contribution >= 4 is 18.3 Å². The van der Waals surface area contributed by atoms with Gasteiger partial charge in [-0.25, -0.2) is 0 Å². The van der Waals surface area contributed by atoms with Crippen LogP contribution < -0.4 is 10.6 Å². The van der Waals surface area contributed by atoms with Gasteiger partial charge in [-0.2, -0.15) is 0 Å². The van der Waals surface area contributed by atoms with Crippen molar-refractivity contribution in [2.75, 3.05) is 33.2 Å². The standard InChI is InChI=1S/C14H27N3O.ClH/c1-15-10-12-6-8-17(9-7-12)11-14(18)16-13-4-2-3-5-13;/h12-13,15H,2-11H2,1H3,(H,16,18);1H. The first-order valence-corrected chi connectivity index (χ1v) is 7.44. The van der Waals surface area contributed by atoms with Crippen molar-refractivity contribution < 1.29 is 4.79 Å². The molecule has 1 heterocycles. The fourth-order valence-corrected chi connectivity index (χ4v) is 3.18. The maximum atomic E-state index is 11.9. The minimum Gasteiger partial charge on any atom is -0.352 e. The van der Waals surface area contributed by atoms with Gasteiger partial charge in [-0.3, -0.25) is 9.69 Å². The van der Waals surface area contributed by atoms with E-state index in [-0.39, 0.29) is 18.3 Å². The van der Waals surface area contributed by atoms with E-state index in [4.69, 9.17) is 0 Å². The number of carbonyl (C=O) groups is 1. The molecule has 0 atom stereocenters. The molecular weight excluding hydrogens is 262 g/mol. The monoisotopic (exact) mass is 289 g/mol. The number of halogens is 1. The molecule has 5 heteroatoms. The van der Waals surface area contributed by atoms with Crippen molar-refractivity contribution in [1.82, 2.24) is 15.5 Å². The van der Waals surface area contributed by atoms with E-state index in [1.54, 1.807) is 0 Å². The molecule has 1 aliphatic carbocycles. The van der Waals surface area contributed by atoms with Crippen molar-refractivity contribution in [3.8, 4) is 0 Å². The Kier molecular flexibility index (Phi) is 7.73. The lowest BCUT2D eigenvalue weighted by molar-refractivity contribution is -0.123. The number of likely N-dealkylation sites (tertiary alicyclic amines) is 1. The number of hydrogen-bond acceptors (Lipinski definition) is 3. The van der Waals surface area contributed by atoms with Gasteiger partial charge in [0, 0.05) is 6.04 Å². The summed E-state index contributed by atoms with van der Waals surface area (Å²) in [5.74, 6) is 1.03. The molecule has 0 spiro atoms. The Balaban J connectivity index is 0.00000180. The Morgan fingerprint density at radius 3 is 2.37 bits per heavy atom. The van der Waals surface area contributed by atoms with Crippen LogP contribution in [0.15, 0.2) is 0 Å². The van der Waals surface area contributed by atoms with Gasteiger partial charge >= 0.3 is 0 Å². The van der Waals surface area contributed by atoms with E-state index < -0.39 is 0 Å². The molecule has 0 aromatic heterocycles. The Hall–Kier alpha value is -0.320. The lowest BCUT2D eigenvalue weighted by atomic mass is 9.97.